The lowest BCUT2D eigenvalue weighted by Gasteiger charge is -2.15. The van der Waals surface area contributed by atoms with Crippen LogP contribution in [0.4, 0.5) is 18.9 Å². The second kappa shape index (κ2) is 7.49. The summed E-state index contributed by atoms with van der Waals surface area (Å²) in [7, 11) is 0. The van der Waals surface area contributed by atoms with Crippen LogP contribution in [0.5, 0.6) is 0 Å². The molecule has 0 bridgehead atoms. The van der Waals surface area contributed by atoms with Gasteiger partial charge in [-0.2, -0.15) is 0 Å². The number of hydrogen-bond acceptors (Lipinski definition) is 3. The van der Waals surface area contributed by atoms with Crippen molar-refractivity contribution in [2.45, 2.75) is 13.0 Å². The highest BCUT2D eigenvalue weighted by Crippen LogP contribution is 2.21. The fourth-order valence-electron chi connectivity index (χ4n) is 2.54. The Labute approximate surface area is 152 Å². The predicted octanol–water partition coefficient (Wildman–Crippen LogP) is 4.44. The molecule has 0 aliphatic rings. The van der Waals surface area contributed by atoms with Crippen molar-refractivity contribution >= 4 is 28.3 Å². The molecule has 0 spiro atoms. The van der Waals surface area contributed by atoms with Gasteiger partial charge in [0.05, 0.1) is 11.3 Å². The molecule has 27 heavy (non-hydrogen) atoms. The minimum Gasteiger partial charge on any atom is -0.449 e. The Kier molecular flexibility index (Phi) is 5.12. The number of anilines is 1. The standard InChI is InChI=1S/C20H14F3NO3/c1-11(19(25)24-16-10-9-15(21)17(22)18(16)23)27-20(26)14-8-4-6-12-5-2-3-7-13(12)14/h2-11H,1H3,(H,24,25)/t11-/m1/s1. The zero-order valence-corrected chi connectivity index (χ0v) is 14.1. The highest BCUT2D eigenvalue weighted by atomic mass is 19.2. The number of halogens is 3. The quantitative estimate of drug-likeness (QED) is 0.543. The average Bonchev–Trinajstić information content (AvgIpc) is 2.67. The third kappa shape index (κ3) is 3.76. The van der Waals surface area contributed by atoms with Crippen LogP contribution >= 0.6 is 0 Å². The number of carbonyl (C=O) groups is 2. The molecule has 0 aliphatic heterocycles. The molecule has 0 radical (unpaired) electrons. The van der Waals surface area contributed by atoms with Gasteiger partial charge in [-0.05, 0) is 35.9 Å². The summed E-state index contributed by atoms with van der Waals surface area (Å²) >= 11 is 0. The molecule has 0 unspecified atom stereocenters. The van der Waals surface area contributed by atoms with E-state index in [1.54, 1.807) is 24.3 Å². The molecule has 0 fully saturated rings. The third-order valence-electron chi connectivity index (χ3n) is 3.96. The van der Waals surface area contributed by atoms with Crippen LogP contribution in [0.15, 0.2) is 54.6 Å². The van der Waals surface area contributed by atoms with Crippen molar-refractivity contribution in [3.63, 3.8) is 0 Å². The van der Waals surface area contributed by atoms with Crippen LogP contribution in [0, 0.1) is 17.5 Å². The molecule has 0 aliphatic carbocycles. The van der Waals surface area contributed by atoms with Crippen LogP contribution in [-0.4, -0.2) is 18.0 Å². The highest BCUT2D eigenvalue weighted by molar-refractivity contribution is 6.05. The minimum atomic E-state index is -1.70. The molecule has 3 rings (SSSR count). The Hall–Kier alpha value is -3.35. The first-order valence-corrected chi connectivity index (χ1v) is 8.01. The molecule has 4 nitrogen and oxygen atoms in total. The number of esters is 1. The van der Waals surface area contributed by atoms with E-state index in [0.29, 0.717) is 11.5 Å². The number of nitrogens with one attached hydrogen (secondary N) is 1. The molecule has 138 valence electrons. The first-order valence-electron chi connectivity index (χ1n) is 8.01. The Morgan fingerprint density at radius 3 is 2.41 bits per heavy atom. The zero-order chi connectivity index (χ0) is 19.6. The van der Waals surface area contributed by atoms with Crippen molar-refractivity contribution in [1.82, 2.24) is 0 Å². The van der Waals surface area contributed by atoms with Gasteiger partial charge in [-0.15, -0.1) is 0 Å². The number of carbonyl (C=O) groups excluding carboxylic acids is 2. The number of rotatable bonds is 4. The van der Waals surface area contributed by atoms with E-state index < -0.39 is 41.1 Å². The number of amides is 1. The number of benzene rings is 3. The summed E-state index contributed by atoms with van der Waals surface area (Å²) in [5.74, 6) is -6.22. The fraction of sp³-hybridized carbons (Fsp3) is 0.100. The van der Waals surface area contributed by atoms with Crippen molar-refractivity contribution in [3.8, 4) is 0 Å². The molecule has 1 amide bonds. The Bertz CT molecular complexity index is 1030. The van der Waals surface area contributed by atoms with E-state index in [1.165, 1.54) is 6.92 Å². The second-order valence-corrected chi connectivity index (χ2v) is 5.79. The molecule has 3 aromatic rings. The van der Waals surface area contributed by atoms with Crippen molar-refractivity contribution in [3.05, 3.63) is 77.6 Å². The lowest BCUT2D eigenvalue weighted by molar-refractivity contribution is -0.123. The molecule has 0 saturated heterocycles. The molecular formula is C20H14F3NO3. The van der Waals surface area contributed by atoms with Gasteiger partial charge >= 0.3 is 5.97 Å². The molecule has 1 N–H and O–H groups in total. The summed E-state index contributed by atoms with van der Waals surface area (Å²) in [5, 5.41) is 3.56. The smallest absolute Gasteiger partial charge is 0.339 e. The summed E-state index contributed by atoms with van der Waals surface area (Å²) in [6.45, 7) is 1.29. The highest BCUT2D eigenvalue weighted by Gasteiger charge is 2.22. The first kappa shape index (κ1) is 18.4. The summed E-state index contributed by atoms with van der Waals surface area (Å²) in [6, 6.07) is 13.8. The van der Waals surface area contributed by atoms with E-state index >= 15 is 0 Å². The average molecular weight is 373 g/mol. The summed E-state index contributed by atoms with van der Waals surface area (Å²) < 4.78 is 45.0. The maximum Gasteiger partial charge on any atom is 0.339 e. The van der Waals surface area contributed by atoms with E-state index in [-0.39, 0.29) is 5.56 Å². The second-order valence-electron chi connectivity index (χ2n) is 5.79. The number of ether oxygens (including phenoxy) is 1. The van der Waals surface area contributed by atoms with Crippen molar-refractivity contribution < 1.29 is 27.5 Å². The Balaban J connectivity index is 1.74. The van der Waals surface area contributed by atoms with Gasteiger partial charge in [0.1, 0.15) is 0 Å². The van der Waals surface area contributed by atoms with Crippen LogP contribution in [-0.2, 0) is 9.53 Å². The maximum atomic E-state index is 13.7. The summed E-state index contributed by atoms with van der Waals surface area (Å²) in [5.41, 5.74) is -0.279. The van der Waals surface area contributed by atoms with Gasteiger partial charge < -0.3 is 10.1 Å². The van der Waals surface area contributed by atoms with Gasteiger partial charge in [0.15, 0.2) is 23.6 Å². The SMILES string of the molecule is C[C@@H](OC(=O)c1cccc2ccccc12)C(=O)Nc1ccc(F)c(F)c1F. The van der Waals surface area contributed by atoms with Crippen molar-refractivity contribution in [2.75, 3.05) is 5.32 Å². The predicted molar refractivity (Wildman–Crippen MR) is 93.8 cm³/mol. The van der Waals surface area contributed by atoms with Gasteiger partial charge in [0, 0.05) is 0 Å². The largest absolute Gasteiger partial charge is 0.449 e. The Morgan fingerprint density at radius 1 is 0.926 bits per heavy atom. The van der Waals surface area contributed by atoms with Gasteiger partial charge in [-0.1, -0.05) is 36.4 Å². The van der Waals surface area contributed by atoms with E-state index in [2.05, 4.69) is 5.32 Å². The van der Waals surface area contributed by atoms with Crippen LogP contribution in [0.2, 0.25) is 0 Å². The molecular weight excluding hydrogens is 359 g/mol. The number of hydrogen-bond donors (Lipinski definition) is 1. The third-order valence-corrected chi connectivity index (χ3v) is 3.96. The van der Waals surface area contributed by atoms with Crippen LogP contribution in [0.25, 0.3) is 10.8 Å². The van der Waals surface area contributed by atoms with Crippen molar-refractivity contribution in [1.29, 1.82) is 0 Å². The van der Waals surface area contributed by atoms with Crippen molar-refractivity contribution in [2.24, 2.45) is 0 Å². The van der Waals surface area contributed by atoms with Crippen LogP contribution in [0.1, 0.15) is 17.3 Å². The zero-order valence-electron chi connectivity index (χ0n) is 14.1. The maximum absolute atomic E-state index is 13.7. The molecule has 0 aromatic heterocycles. The lowest BCUT2D eigenvalue weighted by Crippen LogP contribution is -2.30. The molecule has 3 aromatic carbocycles. The Morgan fingerprint density at radius 2 is 1.63 bits per heavy atom. The van der Waals surface area contributed by atoms with Gasteiger partial charge in [0.25, 0.3) is 5.91 Å². The minimum absolute atomic E-state index is 0.270. The van der Waals surface area contributed by atoms with Gasteiger partial charge in [-0.25, -0.2) is 18.0 Å². The number of fused-ring (bicyclic) bond motifs is 1. The van der Waals surface area contributed by atoms with Crippen LogP contribution in [0.3, 0.4) is 0 Å². The lowest BCUT2D eigenvalue weighted by atomic mass is 10.0. The normalized spacial score (nSPS) is 11.9. The van der Waals surface area contributed by atoms with Gasteiger partial charge in [0.2, 0.25) is 0 Å². The van der Waals surface area contributed by atoms with Crippen LogP contribution < -0.4 is 5.32 Å². The fourth-order valence-corrected chi connectivity index (χ4v) is 2.54. The summed E-state index contributed by atoms with van der Waals surface area (Å²) in [6.07, 6.45) is -1.29. The van der Waals surface area contributed by atoms with E-state index in [4.69, 9.17) is 4.74 Å². The molecule has 0 heterocycles. The first-order chi connectivity index (χ1) is 12.9. The molecule has 7 heteroatoms. The van der Waals surface area contributed by atoms with E-state index in [0.717, 1.165) is 11.5 Å². The molecule has 1 atom stereocenters. The van der Waals surface area contributed by atoms with E-state index in [1.807, 2.05) is 18.2 Å². The topological polar surface area (TPSA) is 55.4 Å². The summed E-state index contributed by atoms with van der Waals surface area (Å²) in [4.78, 5) is 24.5. The van der Waals surface area contributed by atoms with Gasteiger partial charge in [-0.3, -0.25) is 4.79 Å². The monoisotopic (exact) mass is 373 g/mol. The van der Waals surface area contributed by atoms with E-state index in [9.17, 15) is 22.8 Å². The molecule has 0 saturated carbocycles.